The first-order valence-corrected chi connectivity index (χ1v) is 7.02. The van der Waals surface area contributed by atoms with E-state index in [0.29, 0.717) is 0 Å². The molecule has 3 aromatic rings. The molecule has 2 aromatic heterocycles. The van der Waals surface area contributed by atoms with Crippen LogP contribution in [0.15, 0.2) is 55.0 Å². The average molecular weight is 331 g/mol. The molecule has 24 heavy (non-hydrogen) atoms. The van der Waals surface area contributed by atoms with E-state index in [0.717, 1.165) is 29.0 Å². The molecule has 0 bridgehead atoms. The van der Waals surface area contributed by atoms with Crippen molar-refractivity contribution in [2.75, 3.05) is 0 Å². The summed E-state index contributed by atoms with van der Waals surface area (Å²) in [5.74, 6) is 0.0233. The van der Waals surface area contributed by atoms with Gasteiger partial charge in [-0.3, -0.25) is 4.98 Å². The van der Waals surface area contributed by atoms with Gasteiger partial charge in [-0.2, -0.15) is 13.2 Å². The Balaban J connectivity index is 1.81. The topological polar surface area (TPSA) is 47.9 Å². The van der Waals surface area contributed by atoms with Gasteiger partial charge in [0.1, 0.15) is 5.75 Å². The largest absolute Gasteiger partial charge is 0.424 e. The monoisotopic (exact) mass is 331 g/mol. The predicted octanol–water partition coefficient (Wildman–Crippen LogP) is 4.66. The summed E-state index contributed by atoms with van der Waals surface area (Å²) in [5, 5.41) is 0. The minimum Gasteiger partial charge on any atom is -0.424 e. The Kier molecular flexibility index (Phi) is 4.16. The SMILES string of the molecule is Cc1ncccc1-c1cnc(Oc2cccc(C(F)(F)F)c2)nc1. The maximum Gasteiger partial charge on any atom is 0.416 e. The minimum absolute atomic E-state index is 0.0233. The van der Waals surface area contributed by atoms with Crippen LogP contribution in [0, 0.1) is 6.92 Å². The molecule has 0 aliphatic carbocycles. The normalized spacial score (nSPS) is 11.3. The maximum atomic E-state index is 12.7. The lowest BCUT2D eigenvalue weighted by Crippen LogP contribution is -2.04. The fourth-order valence-corrected chi connectivity index (χ4v) is 2.14. The van der Waals surface area contributed by atoms with Gasteiger partial charge in [-0.1, -0.05) is 12.1 Å². The first-order chi connectivity index (χ1) is 11.4. The maximum absolute atomic E-state index is 12.7. The molecule has 0 amide bonds. The third-order valence-electron chi connectivity index (χ3n) is 3.32. The molecule has 0 aliphatic rings. The standard InChI is InChI=1S/C17H12F3N3O/c1-11-15(6-3-7-21-11)12-9-22-16(23-10-12)24-14-5-2-4-13(8-14)17(18,19)20/h2-10H,1H3. The van der Waals surface area contributed by atoms with Crippen LogP contribution in [0.5, 0.6) is 11.8 Å². The third kappa shape index (κ3) is 3.51. The van der Waals surface area contributed by atoms with E-state index in [-0.39, 0.29) is 11.8 Å². The van der Waals surface area contributed by atoms with Crippen molar-refractivity contribution in [3.63, 3.8) is 0 Å². The Morgan fingerprint density at radius 2 is 1.71 bits per heavy atom. The van der Waals surface area contributed by atoms with Crippen molar-refractivity contribution < 1.29 is 17.9 Å². The molecule has 0 saturated carbocycles. The molecule has 0 N–H and O–H groups in total. The van der Waals surface area contributed by atoms with Crippen molar-refractivity contribution in [1.29, 1.82) is 0 Å². The Morgan fingerprint density at radius 1 is 0.958 bits per heavy atom. The second-order valence-corrected chi connectivity index (χ2v) is 5.02. The number of halogens is 3. The molecular weight excluding hydrogens is 319 g/mol. The molecule has 1 aromatic carbocycles. The van der Waals surface area contributed by atoms with Gasteiger partial charge >= 0.3 is 12.2 Å². The summed E-state index contributed by atoms with van der Waals surface area (Å²) >= 11 is 0. The zero-order valence-electron chi connectivity index (χ0n) is 12.6. The van der Waals surface area contributed by atoms with Crippen LogP contribution in [0.3, 0.4) is 0 Å². The number of nitrogens with zero attached hydrogens (tertiary/aromatic N) is 3. The van der Waals surface area contributed by atoms with Crippen LogP contribution in [-0.4, -0.2) is 15.0 Å². The lowest BCUT2D eigenvalue weighted by atomic mass is 10.1. The predicted molar refractivity (Wildman–Crippen MR) is 81.5 cm³/mol. The quantitative estimate of drug-likeness (QED) is 0.700. The number of alkyl halides is 3. The molecule has 0 fully saturated rings. The van der Waals surface area contributed by atoms with Crippen LogP contribution in [0.25, 0.3) is 11.1 Å². The van der Waals surface area contributed by atoms with Crippen molar-refractivity contribution in [2.45, 2.75) is 13.1 Å². The van der Waals surface area contributed by atoms with Crippen molar-refractivity contribution in [2.24, 2.45) is 0 Å². The zero-order valence-corrected chi connectivity index (χ0v) is 12.6. The zero-order chi connectivity index (χ0) is 17.2. The van der Waals surface area contributed by atoms with E-state index in [2.05, 4.69) is 15.0 Å². The molecule has 0 saturated heterocycles. The number of aryl methyl sites for hydroxylation is 1. The molecule has 0 radical (unpaired) electrons. The van der Waals surface area contributed by atoms with Crippen molar-refractivity contribution in [3.8, 4) is 22.9 Å². The average Bonchev–Trinajstić information content (AvgIpc) is 2.56. The van der Waals surface area contributed by atoms with E-state index < -0.39 is 11.7 Å². The highest BCUT2D eigenvalue weighted by atomic mass is 19.4. The van der Waals surface area contributed by atoms with E-state index in [1.807, 2.05) is 13.0 Å². The van der Waals surface area contributed by atoms with Crippen LogP contribution in [0.1, 0.15) is 11.3 Å². The van der Waals surface area contributed by atoms with Gasteiger partial charge in [0, 0.05) is 35.4 Å². The van der Waals surface area contributed by atoms with Gasteiger partial charge in [0.15, 0.2) is 0 Å². The second kappa shape index (κ2) is 6.27. The Bertz CT molecular complexity index is 848. The van der Waals surface area contributed by atoms with E-state index in [4.69, 9.17) is 4.74 Å². The van der Waals surface area contributed by atoms with Gasteiger partial charge in [0.05, 0.1) is 5.56 Å². The molecule has 122 valence electrons. The molecule has 4 nitrogen and oxygen atoms in total. The first-order valence-electron chi connectivity index (χ1n) is 7.02. The molecule has 7 heteroatoms. The van der Waals surface area contributed by atoms with Crippen molar-refractivity contribution >= 4 is 0 Å². The van der Waals surface area contributed by atoms with Crippen LogP contribution in [0.2, 0.25) is 0 Å². The molecule has 2 heterocycles. The Labute approximate surface area is 136 Å². The molecular formula is C17H12F3N3O. The summed E-state index contributed by atoms with van der Waals surface area (Å²) in [7, 11) is 0. The van der Waals surface area contributed by atoms with Gasteiger partial charge in [0.25, 0.3) is 0 Å². The van der Waals surface area contributed by atoms with Crippen LogP contribution >= 0.6 is 0 Å². The number of ether oxygens (including phenoxy) is 1. The van der Waals surface area contributed by atoms with Crippen LogP contribution < -0.4 is 4.74 Å². The van der Waals surface area contributed by atoms with Gasteiger partial charge < -0.3 is 4.74 Å². The number of hydrogen-bond acceptors (Lipinski definition) is 4. The molecule has 0 unspecified atom stereocenters. The number of benzene rings is 1. The number of rotatable bonds is 3. The lowest BCUT2D eigenvalue weighted by Gasteiger charge is -2.09. The first kappa shape index (κ1) is 15.9. The highest BCUT2D eigenvalue weighted by molar-refractivity contribution is 5.63. The highest BCUT2D eigenvalue weighted by Gasteiger charge is 2.30. The summed E-state index contributed by atoms with van der Waals surface area (Å²) in [6.45, 7) is 1.86. The fourth-order valence-electron chi connectivity index (χ4n) is 2.14. The van der Waals surface area contributed by atoms with E-state index >= 15 is 0 Å². The number of hydrogen-bond donors (Lipinski definition) is 0. The smallest absolute Gasteiger partial charge is 0.416 e. The highest BCUT2D eigenvalue weighted by Crippen LogP contribution is 2.32. The number of pyridine rings is 1. The van der Waals surface area contributed by atoms with Gasteiger partial charge in [0.2, 0.25) is 0 Å². The van der Waals surface area contributed by atoms with Crippen molar-refractivity contribution in [1.82, 2.24) is 15.0 Å². The van der Waals surface area contributed by atoms with Gasteiger partial charge in [-0.05, 0) is 31.2 Å². The van der Waals surface area contributed by atoms with Crippen LogP contribution in [0.4, 0.5) is 13.2 Å². The lowest BCUT2D eigenvalue weighted by molar-refractivity contribution is -0.137. The number of aromatic nitrogens is 3. The summed E-state index contributed by atoms with van der Waals surface area (Å²) < 4.78 is 43.4. The molecule has 0 atom stereocenters. The third-order valence-corrected chi connectivity index (χ3v) is 3.32. The second-order valence-electron chi connectivity index (χ2n) is 5.02. The van der Waals surface area contributed by atoms with Crippen LogP contribution in [-0.2, 0) is 6.18 Å². The molecule has 0 aliphatic heterocycles. The van der Waals surface area contributed by atoms with Gasteiger partial charge in [-0.25, -0.2) is 9.97 Å². The summed E-state index contributed by atoms with van der Waals surface area (Å²) in [6.07, 6.45) is 0.340. The Morgan fingerprint density at radius 3 is 2.38 bits per heavy atom. The van der Waals surface area contributed by atoms with E-state index in [9.17, 15) is 13.2 Å². The Hall–Kier alpha value is -2.96. The molecule has 0 spiro atoms. The van der Waals surface area contributed by atoms with Gasteiger partial charge in [-0.15, -0.1) is 0 Å². The summed E-state index contributed by atoms with van der Waals surface area (Å²) in [6, 6.07) is 8.22. The van der Waals surface area contributed by atoms with E-state index in [1.54, 1.807) is 24.7 Å². The fraction of sp³-hybridized carbons (Fsp3) is 0.118. The summed E-state index contributed by atoms with van der Waals surface area (Å²) in [5.41, 5.74) is 1.66. The summed E-state index contributed by atoms with van der Waals surface area (Å²) in [4.78, 5) is 12.3. The minimum atomic E-state index is -4.43. The van der Waals surface area contributed by atoms with Crippen molar-refractivity contribution in [3.05, 3.63) is 66.2 Å². The van der Waals surface area contributed by atoms with E-state index in [1.165, 1.54) is 12.1 Å². The molecule has 3 rings (SSSR count).